The summed E-state index contributed by atoms with van der Waals surface area (Å²) in [7, 11) is 0. The summed E-state index contributed by atoms with van der Waals surface area (Å²) in [6.45, 7) is 5.18. The molecule has 0 spiro atoms. The predicted molar refractivity (Wildman–Crippen MR) is 101 cm³/mol. The molecule has 1 amide bonds. The number of hydrogen-bond donors (Lipinski definition) is 1. The van der Waals surface area contributed by atoms with E-state index in [9.17, 15) is 24.4 Å². The lowest BCUT2D eigenvalue weighted by Crippen LogP contribution is -2.55. The maximum atomic E-state index is 13.3. The maximum Gasteiger partial charge on any atom is 0.330 e. The lowest BCUT2D eigenvalue weighted by Gasteiger charge is -2.37. The average Bonchev–Trinajstić information content (AvgIpc) is 3.07. The number of amides is 1. The van der Waals surface area contributed by atoms with Gasteiger partial charge in [-0.05, 0) is 45.4 Å². The third-order valence-electron chi connectivity index (χ3n) is 5.92. The van der Waals surface area contributed by atoms with Gasteiger partial charge in [-0.3, -0.25) is 4.79 Å². The SMILES string of the molecule is CCC[C@@H](C(=O)OCC)N(N=O)[C@@H](C)C(=O)N1[C@@H](C(=O)O)C[C@H]2CCCC[C@@H]21. The quantitative estimate of drug-likeness (QED) is 0.360. The Morgan fingerprint density at radius 2 is 1.93 bits per heavy atom. The van der Waals surface area contributed by atoms with E-state index in [0.717, 1.165) is 30.7 Å². The van der Waals surface area contributed by atoms with Crippen molar-refractivity contribution in [2.45, 2.75) is 89.9 Å². The molecule has 1 aliphatic heterocycles. The molecular formula is C19H31N3O6. The third-order valence-corrected chi connectivity index (χ3v) is 5.92. The van der Waals surface area contributed by atoms with Gasteiger partial charge >= 0.3 is 11.9 Å². The first-order valence-corrected chi connectivity index (χ1v) is 10.2. The molecule has 1 aliphatic carbocycles. The molecule has 1 N–H and O–H groups in total. The summed E-state index contributed by atoms with van der Waals surface area (Å²) in [6.07, 6.45) is 5.00. The molecule has 0 aromatic carbocycles. The van der Waals surface area contributed by atoms with Crippen LogP contribution in [0.2, 0.25) is 0 Å². The molecule has 28 heavy (non-hydrogen) atoms. The first-order valence-electron chi connectivity index (χ1n) is 10.2. The molecule has 2 aliphatic rings. The second-order valence-electron chi connectivity index (χ2n) is 7.64. The molecule has 1 heterocycles. The summed E-state index contributed by atoms with van der Waals surface area (Å²) < 4.78 is 5.04. The van der Waals surface area contributed by atoms with Crippen molar-refractivity contribution in [2.24, 2.45) is 11.2 Å². The highest BCUT2D eigenvalue weighted by Crippen LogP contribution is 2.40. The van der Waals surface area contributed by atoms with Crippen molar-refractivity contribution in [3.05, 3.63) is 4.91 Å². The summed E-state index contributed by atoms with van der Waals surface area (Å²) in [5.41, 5.74) is 0. The Kier molecular flexibility index (Phi) is 7.77. The number of carboxylic acid groups (broad SMARTS) is 1. The van der Waals surface area contributed by atoms with Gasteiger partial charge in [0.2, 0.25) is 5.91 Å². The van der Waals surface area contributed by atoms with E-state index in [4.69, 9.17) is 4.74 Å². The standard InChI is InChI=1S/C19H31N3O6/c1-4-8-15(19(26)28-5-2)22(20-27)12(3)17(23)21-14-10-7-6-9-13(14)11-16(21)18(24)25/h12-16H,4-11H2,1-3H3,(H,24,25)/t12-,13+,14-,15-,16+/m0/s1. The summed E-state index contributed by atoms with van der Waals surface area (Å²) >= 11 is 0. The zero-order chi connectivity index (χ0) is 20.8. The highest BCUT2D eigenvalue weighted by Gasteiger charge is 2.49. The summed E-state index contributed by atoms with van der Waals surface area (Å²) in [4.78, 5) is 50.4. The number of carbonyl (C=O) groups is 3. The number of fused-ring (bicyclic) bond motifs is 1. The first kappa shape index (κ1) is 22.1. The minimum atomic E-state index is -1.04. The Labute approximate surface area is 165 Å². The fourth-order valence-electron chi connectivity index (χ4n) is 4.59. The molecule has 9 heteroatoms. The Morgan fingerprint density at radius 1 is 1.25 bits per heavy atom. The van der Waals surface area contributed by atoms with E-state index in [0.29, 0.717) is 19.3 Å². The van der Waals surface area contributed by atoms with Crippen molar-refractivity contribution in [3.8, 4) is 0 Å². The minimum absolute atomic E-state index is 0.134. The fraction of sp³-hybridized carbons (Fsp3) is 0.842. The van der Waals surface area contributed by atoms with Crippen molar-refractivity contribution in [1.29, 1.82) is 0 Å². The lowest BCUT2D eigenvalue weighted by molar-refractivity contribution is -0.157. The van der Waals surface area contributed by atoms with Crippen LogP contribution in [0.4, 0.5) is 0 Å². The van der Waals surface area contributed by atoms with Gasteiger partial charge in [-0.1, -0.05) is 26.2 Å². The van der Waals surface area contributed by atoms with Crippen LogP contribution in [-0.4, -0.2) is 63.6 Å². The molecule has 5 atom stereocenters. The van der Waals surface area contributed by atoms with Crippen molar-refractivity contribution >= 4 is 17.8 Å². The van der Waals surface area contributed by atoms with Gasteiger partial charge in [0.1, 0.15) is 18.1 Å². The maximum absolute atomic E-state index is 13.3. The Bertz CT molecular complexity index is 598. The number of ether oxygens (including phenoxy) is 1. The van der Waals surface area contributed by atoms with Crippen LogP contribution >= 0.6 is 0 Å². The second kappa shape index (κ2) is 9.84. The molecule has 158 valence electrons. The molecule has 9 nitrogen and oxygen atoms in total. The molecule has 1 saturated carbocycles. The summed E-state index contributed by atoms with van der Waals surface area (Å²) in [5.74, 6) is -1.93. The number of esters is 1. The average molecular weight is 397 g/mol. The van der Waals surface area contributed by atoms with Crippen molar-refractivity contribution in [2.75, 3.05) is 6.61 Å². The Hall–Kier alpha value is -2.19. The predicted octanol–water partition coefficient (Wildman–Crippen LogP) is 2.33. The van der Waals surface area contributed by atoms with Gasteiger partial charge in [0.25, 0.3) is 0 Å². The Balaban J connectivity index is 2.26. The highest BCUT2D eigenvalue weighted by molar-refractivity contribution is 5.88. The largest absolute Gasteiger partial charge is 0.480 e. The highest BCUT2D eigenvalue weighted by atomic mass is 16.5. The summed E-state index contributed by atoms with van der Waals surface area (Å²) in [5, 5.41) is 13.5. The number of nitrogens with zero attached hydrogens (tertiary/aromatic N) is 3. The smallest absolute Gasteiger partial charge is 0.330 e. The normalized spacial score (nSPS) is 26.1. The number of hydrogen-bond acceptors (Lipinski definition) is 6. The van der Waals surface area contributed by atoms with Crippen LogP contribution < -0.4 is 0 Å². The van der Waals surface area contributed by atoms with Gasteiger partial charge in [-0.25, -0.2) is 14.6 Å². The number of carbonyl (C=O) groups excluding carboxylic acids is 2. The number of rotatable bonds is 9. The van der Waals surface area contributed by atoms with E-state index in [1.807, 2.05) is 6.92 Å². The third kappa shape index (κ3) is 4.44. The molecule has 0 radical (unpaired) electrons. The van der Waals surface area contributed by atoms with Gasteiger partial charge in [0, 0.05) is 6.04 Å². The fourth-order valence-corrected chi connectivity index (χ4v) is 4.59. The van der Waals surface area contributed by atoms with Crippen LogP contribution in [0.1, 0.15) is 65.7 Å². The van der Waals surface area contributed by atoms with Gasteiger partial charge in [-0.2, -0.15) is 0 Å². The first-order chi connectivity index (χ1) is 13.4. The van der Waals surface area contributed by atoms with E-state index in [2.05, 4.69) is 5.29 Å². The zero-order valence-corrected chi connectivity index (χ0v) is 16.9. The number of aliphatic carboxylic acids is 1. The molecule has 0 unspecified atom stereocenters. The minimum Gasteiger partial charge on any atom is -0.480 e. The summed E-state index contributed by atoms with van der Waals surface area (Å²) in [6, 6.07) is -3.04. The molecule has 2 fully saturated rings. The van der Waals surface area contributed by atoms with Crippen molar-refractivity contribution in [1.82, 2.24) is 9.91 Å². The molecular weight excluding hydrogens is 366 g/mol. The van der Waals surface area contributed by atoms with Gasteiger partial charge in [0.15, 0.2) is 0 Å². The molecule has 0 aromatic heterocycles. The van der Waals surface area contributed by atoms with E-state index >= 15 is 0 Å². The van der Waals surface area contributed by atoms with Crippen LogP contribution in [-0.2, 0) is 19.1 Å². The second-order valence-corrected chi connectivity index (χ2v) is 7.64. The lowest BCUT2D eigenvalue weighted by atomic mass is 9.84. The van der Waals surface area contributed by atoms with Crippen LogP contribution in [0.5, 0.6) is 0 Å². The van der Waals surface area contributed by atoms with Crippen molar-refractivity contribution in [3.63, 3.8) is 0 Å². The molecule has 0 bridgehead atoms. The van der Waals surface area contributed by atoms with Crippen LogP contribution in [0.25, 0.3) is 0 Å². The van der Waals surface area contributed by atoms with E-state index in [1.54, 1.807) is 6.92 Å². The van der Waals surface area contributed by atoms with Gasteiger partial charge in [0.05, 0.1) is 11.9 Å². The van der Waals surface area contributed by atoms with Gasteiger partial charge < -0.3 is 14.7 Å². The molecule has 1 saturated heterocycles. The topological polar surface area (TPSA) is 117 Å². The zero-order valence-electron chi connectivity index (χ0n) is 16.9. The van der Waals surface area contributed by atoms with Crippen LogP contribution in [0, 0.1) is 10.8 Å². The number of carboxylic acids is 1. The molecule has 2 rings (SSSR count). The number of nitroso groups, excluding NO2 is 1. The Morgan fingerprint density at radius 3 is 2.50 bits per heavy atom. The van der Waals surface area contributed by atoms with E-state index in [1.165, 1.54) is 11.8 Å². The van der Waals surface area contributed by atoms with Crippen molar-refractivity contribution < 1.29 is 24.2 Å². The van der Waals surface area contributed by atoms with E-state index in [-0.39, 0.29) is 18.6 Å². The number of likely N-dealkylation sites (tertiary alicyclic amines) is 1. The van der Waals surface area contributed by atoms with Crippen LogP contribution in [0.15, 0.2) is 5.29 Å². The molecule has 0 aromatic rings. The van der Waals surface area contributed by atoms with Crippen LogP contribution in [0.3, 0.4) is 0 Å². The van der Waals surface area contributed by atoms with E-state index < -0.39 is 36.0 Å². The van der Waals surface area contributed by atoms with Gasteiger partial charge in [-0.15, -0.1) is 4.91 Å². The monoisotopic (exact) mass is 397 g/mol.